The van der Waals surface area contributed by atoms with Gasteiger partial charge in [-0.3, -0.25) is 4.79 Å². The third-order valence-electron chi connectivity index (χ3n) is 2.02. The van der Waals surface area contributed by atoms with E-state index < -0.39 is 15.1 Å². The van der Waals surface area contributed by atoms with E-state index in [1.54, 1.807) is 6.92 Å². The number of nitrogens with zero attached hydrogens (tertiary/aromatic N) is 2. The maximum Gasteiger partial charge on any atom is 0.168 e. The Morgan fingerprint density at radius 3 is 2.47 bits per heavy atom. The van der Waals surface area contributed by atoms with E-state index >= 15 is 0 Å². The Morgan fingerprint density at radius 2 is 2.00 bits per heavy atom. The van der Waals surface area contributed by atoms with Crippen molar-refractivity contribution >= 4 is 16.1 Å². The van der Waals surface area contributed by atoms with E-state index in [2.05, 4.69) is 9.97 Å². The van der Waals surface area contributed by atoms with Crippen LogP contribution in [0.1, 0.15) is 34.2 Å². The molecule has 0 saturated carbocycles. The Kier molecular flexibility index (Phi) is 3.18. The molecule has 0 aromatic carbocycles. The van der Waals surface area contributed by atoms with Crippen molar-refractivity contribution in [2.45, 2.75) is 19.1 Å². The predicted molar refractivity (Wildman–Crippen MR) is 55.4 cm³/mol. The summed E-state index contributed by atoms with van der Waals surface area (Å²) in [5.41, 5.74) is 0.783. The van der Waals surface area contributed by atoms with Crippen molar-refractivity contribution in [3.63, 3.8) is 0 Å². The zero-order valence-electron chi connectivity index (χ0n) is 8.76. The fraction of sp³-hybridized carbons (Fsp3) is 0.444. The number of hydrogen-bond donors (Lipinski definition) is 0. The lowest BCUT2D eigenvalue weighted by molar-refractivity contribution is 0.111. The van der Waals surface area contributed by atoms with Crippen molar-refractivity contribution in [2.24, 2.45) is 0 Å². The Labute approximate surface area is 88.5 Å². The summed E-state index contributed by atoms with van der Waals surface area (Å²) in [6, 6.07) is 1.51. The maximum absolute atomic E-state index is 11.3. The monoisotopic (exact) mass is 228 g/mol. The summed E-state index contributed by atoms with van der Waals surface area (Å²) < 4.78 is 22.5. The van der Waals surface area contributed by atoms with Crippen LogP contribution in [0.4, 0.5) is 0 Å². The molecule has 0 aliphatic heterocycles. The predicted octanol–water partition coefficient (Wildman–Crippen LogP) is 0.703. The van der Waals surface area contributed by atoms with Crippen LogP contribution < -0.4 is 0 Å². The summed E-state index contributed by atoms with van der Waals surface area (Å²) in [6.07, 6.45) is 1.69. The van der Waals surface area contributed by atoms with Crippen LogP contribution in [0.5, 0.6) is 0 Å². The normalized spacial score (nSPS) is 13.5. The minimum Gasteiger partial charge on any atom is -0.296 e. The van der Waals surface area contributed by atoms with Crippen molar-refractivity contribution in [3.05, 3.63) is 23.3 Å². The zero-order valence-corrected chi connectivity index (χ0v) is 9.58. The fourth-order valence-electron chi connectivity index (χ4n) is 1.05. The number of carbonyl (C=O) groups excluding carboxylic acids is 1. The van der Waals surface area contributed by atoms with Crippen LogP contribution in [0.15, 0.2) is 6.07 Å². The number of aryl methyl sites for hydroxylation is 1. The van der Waals surface area contributed by atoms with Gasteiger partial charge in [-0.2, -0.15) is 0 Å². The van der Waals surface area contributed by atoms with Crippen LogP contribution in [-0.2, 0) is 9.84 Å². The zero-order chi connectivity index (χ0) is 11.6. The molecular formula is C9H12N2O3S. The first-order valence-corrected chi connectivity index (χ1v) is 6.29. The lowest BCUT2D eigenvalue weighted by Crippen LogP contribution is -2.13. The minimum absolute atomic E-state index is 0.166. The Balaban J connectivity index is 3.26. The van der Waals surface area contributed by atoms with E-state index in [-0.39, 0.29) is 11.5 Å². The van der Waals surface area contributed by atoms with Crippen molar-refractivity contribution < 1.29 is 13.2 Å². The highest BCUT2D eigenvalue weighted by molar-refractivity contribution is 7.90. The van der Waals surface area contributed by atoms with Crippen LogP contribution in [0, 0.1) is 6.92 Å². The third-order valence-corrected chi connectivity index (χ3v) is 3.51. The molecule has 6 heteroatoms. The summed E-state index contributed by atoms with van der Waals surface area (Å²) in [5.74, 6) is 0.166. The topological polar surface area (TPSA) is 77.0 Å². The Bertz CT molecular complexity index is 482. The molecule has 15 heavy (non-hydrogen) atoms. The molecule has 0 N–H and O–H groups in total. The van der Waals surface area contributed by atoms with Gasteiger partial charge in [0.1, 0.15) is 16.8 Å². The molecule has 1 aromatic rings. The molecule has 5 nitrogen and oxygen atoms in total. The molecule has 0 aliphatic carbocycles. The molecule has 0 spiro atoms. The largest absolute Gasteiger partial charge is 0.296 e. The first-order valence-electron chi connectivity index (χ1n) is 4.34. The van der Waals surface area contributed by atoms with Gasteiger partial charge in [-0.25, -0.2) is 18.4 Å². The van der Waals surface area contributed by atoms with Gasteiger partial charge in [0, 0.05) is 11.9 Å². The van der Waals surface area contributed by atoms with Crippen LogP contribution in [-0.4, -0.2) is 30.9 Å². The second-order valence-electron chi connectivity index (χ2n) is 3.38. The number of aromatic nitrogens is 2. The van der Waals surface area contributed by atoms with E-state index in [1.807, 2.05) is 0 Å². The van der Waals surface area contributed by atoms with Crippen LogP contribution in [0.3, 0.4) is 0 Å². The van der Waals surface area contributed by atoms with E-state index in [0.717, 1.165) is 6.26 Å². The standard InChI is InChI=1S/C9H12N2O3S/c1-6-4-8(5-12)11-9(10-6)7(2)15(3,13)14/h4-5,7H,1-3H3. The first kappa shape index (κ1) is 11.8. The number of hydrogen-bond acceptors (Lipinski definition) is 5. The van der Waals surface area contributed by atoms with Gasteiger partial charge >= 0.3 is 0 Å². The molecule has 0 saturated heterocycles. The van der Waals surface area contributed by atoms with Gasteiger partial charge in [0.15, 0.2) is 16.1 Å². The van der Waals surface area contributed by atoms with Gasteiger partial charge in [0.05, 0.1) is 0 Å². The molecule has 1 heterocycles. The summed E-state index contributed by atoms with van der Waals surface area (Å²) in [5, 5.41) is -0.795. The first-order chi connectivity index (χ1) is 6.84. The van der Waals surface area contributed by atoms with E-state index in [4.69, 9.17) is 0 Å². The van der Waals surface area contributed by atoms with Gasteiger partial charge in [-0.1, -0.05) is 0 Å². The maximum atomic E-state index is 11.3. The summed E-state index contributed by atoms with van der Waals surface area (Å²) in [7, 11) is -3.24. The highest BCUT2D eigenvalue weighted by Gasteiger charge is 2.20. The van der Waals surface area contributed by atoms with Gasteiger partial charge in [-0.05, 0) is 19.9 Å². The van der Waals surface area contributed by atoms with Crippen LogP contribution >= 0.6 is 0 Å². The average molecular weight is 228 g/mol. The molecule has 1 atom stereocenters. The number of rotatable bonds is 3. The van der Waals surface area contributed by atoms with E-state index in [0.29, 0.717) is 12.0 Å². The molecule has 0 radical (unpaired) electrons. The van der Waals surface area contributed by atoms with E-state index in [1.165, 1.54) is 13.0 Å². The molecule has 82 valence electrons. The lowest BCUT2D eigenvalue weighted by Gasteiger charge is -2.08. The fourth-order valence-corrected chi connectivity index (χ4v) is 1.54. The van der Waals surface area contributed by atoms with Crippen molar-refractivity contribution in [2.75, 3.05) is 6.26 Å². The smallest absolute Gasteiger partial charge is 0.168 e. The van der Waals surface area contributed by atoms with Crippen molar-refractivity contribution in [3.8, 4) is 0 Å². The van der Waals surface area contributed by atoms with Gasteiger partial charge in [0.25, 0.3) is 0 Å². The SMILES string of the molecule is Cc1cc(C=O)nc(C(C)S(C)(=O)=O)n1. The minimum atomic E-state index is -3.24. The van der Waals surface area contributed by atoms with Crippen molar-refractivity contribution in [1.29, 1.82) is 0 Å². The Hall–Kier alpha value is -1.30. The molecule has 1 aromatic heterocycles. The second kappa shape index (κ2) is 4.06. The van der Waals surface area contributed by atoms with Crippen LogP contribution in [0.25, 0.3) is 0 Å². The molecule has 1 unspecified atom stereocenters. The van der Waals surface area contributed by atoms with Gasteiger partial charge in [-0.15, -0.1) is 0 Å². The second-order valence-corrected chi connectivity index (χ2v) is 5.75. The van der Waals surface area contributed by atoms with Crippen LogP contribution in [0.2, 0.25) is 0 Å². The molecule has 0 fully saturated rings. The van der Waals surface area contributed by atoms with Gasteiger partial charge in [0.2, 0.25) is 0 Å². The lowest BCUT2D eigenvalue weighted by atomic mass is 10.3. The molecule has 0 aliphatic rings. The summed E-state index contributed by atoms with van der Waals surface area (Å²) in [6.45, 7) is 3.19. The van der Waals surface area contributed by atoms with Crippen molar-refractivity contribution in [1.82, 2.24) is 9.97 Å². The quantitative estimate of drug-likeness (QED) is 0.712. The van der Waals surface area contributed by atoms with Gasteiger partial charge < -0.3 is 0 Å². The molecule has 1 rings (SSSR count). The summed E-state index contributed by atoms with van der Waals surface area (Å²) in [4.78, 5) is 18.4. The average Bonchev–Trinajstić information content (AvgIpc) is 2.14. The van der Waals surface area contributed by atoms with E-state index in [9.17, 15) is 13.2 Å². The molecule has 0 bridgehead atoms. The highest BCUT2D eigenvalue weighted by Crippen LogP contribution is 2.17. The third kappa shape index (κ3) is 2.82. The number of sulfone groups is 1. The molecular weight excluding hydrogens is 216 g/mol. The Morgan fingerprint density at radius 1 is 1.40 bits per heavy atom. The molecule has 0 amide bonds. The summed E-state index contributed by atoms with van der Waals surface area (Å²) >= 11 is 0. The number of aldehydes is 1. The highest BCUT2D eigenvalue weighted by atomic mass is 32.2. The number of carbonyl (C=O) groups is 1.